The van der Waals surface area contributed by atoms with E-state index in [4.69, 9.17) is 4.74 Å². The number of amides is 1. The molecule has 0 aromatic carbocycles. The predicted molar refractivity (Wildman–Crippen MR) is 73.4 cm³/mol. The molecule has 3 rings (SSSR count). The Morgan fingerprint density at radius 2 is 2.15 bits per heavy atom. The average molecular weight is 278 g/mol. The van der Waals surface area contributed by atoms with E-state index in [1.807, 2.05) is 25.7 Å². The van der Waals surface area contributed by atoms with Crippen molar-refractivity contribution in [2.45, 2.75) is 45.3 Å². The Morgan fingerprint density at radius 1 is 1.40 bits per heavy atom. The normalized spacial score (nSPS) is 23.9. The van der Waals surface area contributed by atoms with Crippen LogP contribution >= 0.6 is 0 Å². The van der Waals surface area contributed by atoms with Crippen LogP contribution in [-0.4, -0.2) is 51.4 Å². The predicted octanol–water partition coefficient (Wildman–Crippen LogP) is 1.28. The van der Waals surface area contributed by atoms with Crippen molar-refractivity contribution in [3.05, 3.63) is 12.2 Å². The molecule has 1 amide bonds. The van der Waals surface area contributed by atoms with E-state index < -0.39 is 0 Å². The lowest BCUT2D eigenvalue weighted by atomic mass is 10.1. The highest BCUT2D eigenvalue weighted by molar-refractivity contribution is 5.90. The molecule has 1 aromatic rings. The summed E-state index contributed by atoms with van der Waals surface area (Å²) >= 11 is 0. The van der Waals surface area contributed by atoms with Crippen LogP contribution in [0.5, 0.6) is 0 Å². The van der Waals surface area contributed by atoms with E-state index in [0.717, 1.165) is 0 Å². The molecule has 2 fully saturated rings. The Balaban J connectivity index is 1.70. The van der Waals surface area contributed by atoms with Crippen LogP contribution in [0.4, 0.5) is 0 Å². The van der Waals surface area contributed by atoms with Crippen molar-refractivity contribution in [1.29, 1.82) is 0 Å². The first-order valence-corrected chi connectivity index (χ1v) is 7.28. The number of aromatic nitrogens is 3. The largest absolute Gasteiger partial charge is 0.374 e. The summed E-state index contributed by atoms with van der Waals surface area (Å²) in [5.74, 6) is 0.851. The Morgan fingerprint density at radius 3 is 2.75 bits per heavy atom. The van der Waals surface area contributed by atoms with Crippen molar-refractivity contribution in [3.8, 4) is 0 Å². The van der Waals surface area contributed by atoms with E-state index in [9.17, 15) is 4.79 Å². The molecule has 1 aliphatic heterocycles. The summed E-state index contributed by atoms with van der Waals surface area (Å²) in [5.41, 5.74) is -0.160. The summed E-state index contributed by atoms with van der Waals surface area (Å²) in [6.07, 6.45) is 4.29. The summed E-state index contributed by atoms with van der Waals surface area (Å²) in [6.45, 7) is 8.03. The van der Waals surface area contributed by atoms with Gasteiger partial charge in [0, 0.05) is 13.1 Å². The zero-order valence-electron chi connectivity index (χ0n) is 12.4. The molecule has 2 heterocycles. The second-order valence-electron chi connectivity index (χ2n) is 6.68. The molecule has 0 bridgehead atoms. The number of morpholine rings is 1. The van der Waals surface area contributed by atoms with Gasteiger partial charge in [-0.15, -0.1) is 5.10 Å². The molecule has 1 atom stereocenters. The minimum Gasteiger partial charge on any atom is -0.374 e. The highest BCUT2D eigenvalue weighted by Crippen LogP contribution is 2.35. The van der Waals surface area contributed by atoms with Crippen molar-refractivity contribution < 1.29 is 9.53 Å². The van der Waals surface area contributed by atoms with E-state index in [2.05, 4.69) is 10.1 Å². The second-order valence-corrected chi connectivity index (χ2v) is 6.68. The third-order valence-electron chi connectivity index (χ3n) is 3.90. The van der Waals surface area contributed by atoms with Crippen LogP contribution in [0.25, 0.3) is 0 Å². The van der Waals surface area contributed by atoms with Crippen molar-refractivity contribution in [2.75, 3.05) is 19.7 Å². The van der Waals surface area contributed by atoms with E-state index >= 15 is 0 Å². The second kappa shape index (κ2) is 4.84. The molecule has 1 unspecified atom stereocenters. The van der Waals surface area contributed by atoms with Gasteiger partial charge in [0.15, 0.2) is 0 Å². The van der Waals surface area contributed by atoms with Crippen LogP contribution in [0, 0.1) is 5.92 Å². The van der Waals surface area contributed by atoms with Crippen LogP contribution in [0.1, 0.15) is 44.2 Å². The van der Waals surface area contributed by atoms with Gasteiger partial charge >= 0.3 is 0 Å². The number of nitrogens with zero attached hydrogens (tertiary/aromatic N) is 4. The number of carbonyl (C=O) groups excluding carboxylic acids is 1. The molecule has 0 N–H and O–H groups in total. The number of hydrogen-bond donors (Lipinski definition) is 0. The maximum absolute atomic E-state index is 12.5. The van der Waals surface area contributed by atoms with Crippen LogP contribution in [0.15, 0.2) is 6.33 Å². The molecule has 6 nitrogen and oxygen atoms in total. The van der Waals surface area contributed by atoms with Gasteiger partial charge in [0.05, 0.1) is 18.2 Å². The van der Waals surface area contributed by atoms with E-state index in [-0.39, 0.29) is 23.4 Å². The highest BCUT2D eigenvalue weighted by atomic mass is 16.5. The molecule has 1 saturated heterocycles. The average Bonchev–Trinajstić information content (AvgIpc) is 3.13. The third-order valence-corrected chi connectivity index (χ3v) is 3.90. The van der Waals surface area contributed by atoms with Gasteiger partial charge in [-0.2, -0.15) is 0 Å². The number of carbonyl (C=O) groups is 1. The maximum atomic E-state index is 12.5. The Hall–Kier alpha value is -1.43. The summed E-state index contributed by atoms with van der Waals surface area (Å²) in [7, 11) is 0. The van der Waals surface area contributed by atoms with Gasteiger partial charge < -0.3 is 9.64 Å². The molecule has 2 aliphatic rings. The summed E-state index contributed by atoms with van der Waals surface area (Å²) in [4.78, 5) is 18.5. The monoisotopic (exact) mass is 278 g/mol. The first-order chi connectivity index (χ1) is 9.45. The summed E-state index contributed by atoms with van der Waals surface area (Å²) in [5, 5.41) is 4.32. The van der Waals surface area contributed by atoms with Crippen molar-refractivity contribution in [2.24, 2.45) is 5.92 Å². The zero-order chi connectivity index (χ0) is 14.3. The number of ether oxygens (including phenoxy) is 1. The fourth-order valence-electron chi connectivity index (χ4n) is 2.44. The number of hydrogen-bond acceptors (Lipinski definition) is 4. The summed E-state index contributed by atoms with van der Waals surface area (Å²) < 4.78 is 7.47. The summed E-state index contributed by atoms with van der Waals surface area (Å²) in [6, 6.07) is 0. The maximum Gasteiger partial charge on any atom is 0.293 e. The number of rotatable bonds is 2. The van der Waals surface area contributed by atoms with Gasteiger partial charge in [-0.3, -0.25) is 4.79 Å². The minimum atomic E-state index is -0.160. The molecular weight excluding hydrogens is 256 g/mol. The fraction of sp³-hybridized carbons (Fsp3) is 0.786. The minimum absolute atomic E-state index is 0.0815. The molecule has 1 aliphatic carbocycles. The molecule has 0 radical (unpaired) electrons. The van der Waals surface area contributed by atoms with Crippen LogP contribution in [-0.2, 0) is 10.3 Å². The van der Waals surface area contributed by atoms with Crippen LogP contribution in [0.2, 0.25) is 0 Å². The Kier molecular flexibility index (Phi) is 3.28. The third kappa shape index (κ3) is 2.70. The van der Waals surface area contributed by atoms with E-state index in [0.29, 0.717) is 25.6 Å². The van der Waals surface area contributed by atoms with Gasteiger partial charge in [0.1, 0.15) is 6.33 Å². The topological polar surface area (TPSA) is 60.2 Å². The molecule has 6 heteroatoms. The quantitative estimate of drug-likeness (QED) is 0.817. The SMILES string of the molecule is CC(C)(C)n1cnc(C(=O)N2CCOC(C3CC3)C2)n1. The van der Waals surface area contributed by atoms with Gasteiger partial charge in [-0.25, -0.2) is 9.67 Å². The molecule has 1 aromatic heterocycles. The van der Waals surface area contributed by atoms with Gasteiger partial charge in [0.25, 0.3) is 5.91 Å². The highest BCUT2D eigenvalue weighted by Gasteiger charge is 2.37. The van der Waals surface area contributed by atoms with Crippen molar-refractivity contribution >= 4 is 5.91 Å². The zero-order valence-corrected chi connectivity index (χ0v) is 12.4. The van der Waals surface area contributed by atoms with Crippen LogP contribution in [0.3, 0.4) is 0 Å². The Bertz CT molecular complexity index is 502. The van der Waals surface area contributed by atoms with Crippen molar-refractivity contribution in [1.82, 2.24) is 19.7 Å². The lowest BCUT2D eigenvalue weighted by molar-refractivity contribution is -0.0317. The molecule has 0 spiro atoms. The first-order valence-electron chi connectivity index (χ1n) is 7.28. The molecular formula is C14H22N4O2. The molecule has 20 heavy (non-hydrogen) atoms. The van der Waals surface area contributed by atoms with Crippen LogP contribution < -0.4 is 0 Å². The Labute approximate surface area is 119 Å². The molecule has 110 valence electrons. The fourth-order valence-corrected chi connectivity index (χ4v) is 2.44. The molecule has 1 saturated carbocycles. The van der Waals surface area contributed by atoms with Gasteiger partial charge in [-0.1, -0.05) is 0 Å². The smallest absolute Gasteiger partial charge is 0.293 e. The van der Waals surface area contributed by atoms with E-state index in [1.165, 1.54) is 12.8 Å². The standard InChI is InChI=1S/C14H22N4O2/c1-14(2,3)18-9-15-12(16-18)13(19)17-6-7-20-11(8-17)10-4-5-10/h9-11H,4-8H2,1-3H3. The lowest BCUT2D eigenvalue weighted by Gasteiger charge is -2.32. The first kappa shape index (κ1) is 13.5. The van der Waals surface area contributed by atoms with Gasteiger partial charge in [0.2, 0.25) is 5.82 Å². The van der Waals surface area contributed by atoms with Crippen molar-refractivity contribution in [3.63, 3.8) is 0 Å². The lowest BCUT2D eigenvalue weighted by Crippen LogP contribution is -2.46. The van der Waals surface area contributed by atoms with Gasteiger partial charge in [-0.05, 0) is 39.5 Å². The van der Waals surface area contributed by atoms with E-state index in [1.54, 1.807) is 11.0 Å².